The molecular formula is C11H15Cl2N3. The van der Waals surface area contributed by atoms with Gasteiger partial charge in [0.15, 0.2) is 0 Å². The zero-order valence-electron chi connectivity index (χ0n) is 9.07. The summed E-state index contributed by atoms with van der Waals surface area (Å²) in [7, 11) is 0. The molecule has 1 fully saturated rings. The molecule has 5 heteroatoms. The van der Waals surface area contributed by atoms with E-state index in [1.54, 1.807) is 12.3 Å². The lowest BCUT2D eigenvalue weighted by atomic mass is 10.3. The summed E-state index contributed by atoms with van der Waals surface area (Å²) in [5, 5.41) is 0.744. The molecule has 0 amide bonds. The van der Waals surface area contributed by atoms with Crippen molar-refractivity contribution in [2.24, 2.45) is 0 Å². The molecular weight excluding hydrogens is 245 g/mol. The van der Waals surface area contributed by atoms with Crippen LogP contribution in [0, 0.1) is 0 Å². The van der Waals surface area contributed by atoms with Gasteiger partial charge in [0.25, 0.3) is 0 Å². The summed E-state index contributed by atoms with van der Waals surface area (Å²) in [4.78, 5) is 8.96. The Labute approximate surface area is 106 Å². The molecule has 2 rings (SSSR count). The number of anilines is 1. The minimum absolute atomic E-state index is 0.704. The SMILES string of the molecule is ClCCN1CCN(c2cc(Cl)ccn2)CC1. The summed E-state index contributed by atoms with van der Waals surface area (Å²) in [6.07, 6.45) is 1.75. The standard InChI is InChI=1S/C11H15Cl2N3/c12-2-4-15-5-7-16(8-6-15)11-9-10(13)1-3-14-11/h1,3,9H,2,4-8H2. The van der Waals surface area contributed by atoms with Gasteiger partial charge in [-0.25, -0.2) is 4.98 Å². The van der Waals surface area contributed by atoms with Crippen LogP contribution < -0.4 is 4.90 Å². The van der Waals surface area contributed by atoms with Crippen molar-refractivity contribution in [3.8, 4) is 0 Å². The second-order valence-corrected chi connectivity index (χ2v) is 4.66. The number of aromatic nitrogens is 1. The van der Waals surface area contributed by atoms with Crippen molar-refractivity contribution in [1.29, 1.82) is 0 Å². The summed E-state index contributed by atoms with van der Waals surface area (Å²) in [5.41, 5.74) is 0. The molecule has 0 N–H and O–H groups in total. The number of rotatable bonds is 3. The fraction of sp³-hybridized carbons (Fsp3) is 0.545. The van der Waals surface area contributed by atoms with E-state index in [9.17, 15) is 0 Å². The van der Waals surface area contributed by atoms with Crippen LogP contribution in [-0.4, -0.2) is 48.5 Å². The molecule has 0 unspecified atom stereocenters. The van der Waals surface area contributed by atoms with E-state index in [1.807, 2.05) is 6.07 Å². The van der Waals surface area contributed by atoms with Gasteiger partial charge in [0.1, 0.15) is 5.82 Å². The molecule has 1 aromatic heterocycles. The Morgan fingerprint density at radius 1 is 1.25 bits per heavy atom. The molecule has 2 heterocycles. The van der Waals surface area contributed by atoms with Gasteiger partial charge in [0.05, 0.1) is 0 Å². The molecule has 16 heavy (non-hydrogen) atoms. The third-order valence-electron chi connectivity index (χ3n) is 2.80. The highest BCUT2D eigenvalue weighted by Crippen LogP contribution is 2.17. The maximum Gasteiger partial charge on any atom is 0.130 e. The first-order chi connectivity index (χ1) is 7.79. The largest absolute Gasteiger partial charge is 0.354 e. The molecule has 0 spiro atoms. The van der Waals surface area contributed by atoms with Crippen molar-refractivity contribution in [3.63, 3.8) is 0 Å². The van der Waals surface area contributed by atoms with Crippen LogP contribution in [0.5, 0.6) is 0 Å². The summed E-state index contributed by atoms with van der Waals surface area (Å²) >= 11 is 11.7. The van der Waals surface area contributed by atoms with Crippen molar-refractivity contribution in [1.82, 2.24) is 9.88 Å². The molecule has 0 aliphatic carbocycles. The lowest BCUT2D eigenvalue weighted by Gasteiger charge is -2.35. The highest BCUT2D eigenvalue weighted by atomic mass is 35.5. The van der Waals surface area contributed by atoms with Crippen LogP contribution in [0.4, 0.5) is 5.82 Å². The van der Waals surface area contributed by atoms with Crippen LogP contribution in [0.3, 0.4) is 0 Å². The molecule has 0 atom stereocenters. The number of hydrogen-bond acceptors (Lipinski definition) is 3. The van der Waals surface area contributed by atoms with Crippen molar-refractivity contribution in [3.05, 3.63) is 23.4 Å². The van der Waals surface area contributed by atoms with Gasteiger partial charge in [0.2, 0.25) is 0 Å². The van der Waals surface area contributed by atoms with Gasteiger partial charge in [-0.3, -0.25) is 4.90 Å². The third kappa shape index (κ3) is 3.00. The second kappa shape index (κ2) is 5.71. The maximum atomic E-state index is 5.95. The highest BCUT2D eigenvalue weighted by Gasteiger charge is 2.17. The van der Waals surface area contributed by atoms with E-state index in [2.05, 4.69) is 14.8 Å². The monoisotopic (exact) mass is 259 g/mol. The molecule has 0 saturated carbocycles. The average molecular weight is 260 g/mol. The van der Waals surface area contributed by atoms with E-state index in [0.29, 0.717) is 5.88 Å². The molecule has 1 aromatic rings. The lowest BCUT2D eigenvalue weighted by Crippen LogP contribution is -2.47. The number of alkyl halides is 1. The van der Waals surface area contributed by atoms with Crippen LogP contribution in [0.15, 0.2) is 18.3 Å². The van der Waals surface area contributed by atoms with E-state index in [1.165, 1.54) is 0 Å². The second-order valence-electron chi connectivity index (χ2n) is 3.85. The zero-order valence-corrected chi connectivity index (χ0v) is 10.6. The van der Waals surface area contributed by atoms with E-state index >= 15 is 0 Å². The summed E-state index contributed by atoms with van der Waals surface area (Å²) in [5.74, 6) is 1.67. The first kappa shape index (κ1) is 12.0. The van der Waals surface area contributed by atoms with E-state index in [4.69, 9.17) is 23.2 Å². The molecule has 1 saturated heterocycles. The number of hydrogen-bond donors (Lipinski definition) is 0. The van der Waals surface area contributed by atoms with E-state index in [0.717, 1.165) is 43.6 Å². The van der Waals surface area contributed by atoms with Gasteiger partial charge in [-0.15, -0.1) is 11.6 Å². The predicted octanol–water partition coefficient (Wildman–Crippen LogP) is 2.10. The van der Waals surface area contributed by atoms with Gasteiger partial charge >= 0.3 is 0 Å². The Morgan fingerprint density at radius 2 is 2.00 bits per heavy atom. The lowest BCUT2D eigenvalue weighted by molar-refractivity contribution is 0.272. The minimum atomic E-state index is 0.704. The first-order valence-corrected chi connectivity index (χ1v) is 6.35. The van der Waals surface area contributed by atoms with Crippen molar-refractivity contribution >= 4 is 29.0 Å². The Morgan fingerprint density at radius 3 is 2.62 bits per heavy atom. The Bertz CT molecular complexity index is 338. The van der Waals surface area contributed by atoms with Crippen molar-refractivity contribution in [2.75, 3.05) is 43.5 Å². The third-order valence-corrected chi connectivity index (χ3v) is 3.21. The van der Waals surface area contributed by atoms with Crippen LogP contribution in [0.25, 0.3) is 0 Å². The topological polar surface area (TPSA) is 19.4 Å². The molecule has 1 aliphatic rings. The molecule has 0 bridgehead atoms. The molecule has 0 aromatic carbocycles. The fourth-order valence-corrected chi connectivity index (χ4v) is 2.28. The van der Waals surface area contributed by atoms with E-state index < -0.39 is 0 Å². The first-order valence-electron chi connectivity index (χ1n) is 5.44. The Hall–Kier alpha value is -0.510. The highest BCUT2D eigenvalue weighted by molar-refractivity contribution is 6.30. The Balaban J connectivity index is 1.94. The maximum absolute atomic E-state index is 5.95. The Kier molecular flexibility index (Phi) is 4.27. The van der Waals surface area contributed by atoms with Gasteiger partial charge in [0, 0.05) is 49.8 Å². The predicted molar refractivity (Wildman–Crippen MR) is 68.6 cm³/mol. The zero-order chi connectivity index (χ0) is 11.4. The minimum Gasteiger partial charge on any atom is -0.354 e. The van der Waals surface area contributed by atoms with Crippen LogP contribution in [-0.2, 0) is 0 Å². The van der Waals surface area contributed by atoms with E-state index in [-0.39, 0.29) is 0 Å². The molecule has 0 radical (unpaired) electrons. The van der Waals surface area contributed by atoms with Gasteiger partial charge in [-0.1, -0.05) is 11.6 Å². The van der Waals surface area contributed by atoms with Crippen LogP contribution >= 0.6 is 23.2 Å². The number of piperazine rings is 1. The summed E-state index contributed by atoms with van der Waals surface area (Å²) in [6.45, 7) is 5.04. The number of pyridine rings is 1. The average Bonchev–Trinajstić information content (AvgIpc) is 2.30. The molecule has 3 nitrogen and oxygen atoms in total. The number of halogens is 2. The van der Waals surface area contributed by atoms with Crippen LogP contribution in [0.2, 0.25) is 5.02 Å². The quantitative estimate of drug-likeness (QED) is 0.776. The van der Waals surface area contributed by atoms with Gasteiger partial charge in [-0.2, -0.15) is 0 Å². The number of nitrogens with zero attached hydrogens (tertiary/aromatic N) is 3. The molecule has 1 aliphatic heterocycles. The van der Waals surface area contributed by atoms with Gasteiger partial charge < -0.3 is 4.90 Å². The normalized spacial score (nSPS) is 17.8. The van der Waals surface area contributed by atoms with Crippen molar-refractivity contribution < 1.29 is 0 Å². The van der Waals surface area contributed by atoms with Crippen LogP contribution in [0.1, 0.15) is 0 Å². The smallest absolute Gasteiger partial charge is 0.130 e. The summed E-state index contributed by atoms with van der Waals surface area (Å²) < 4.78 is 0. The van der Waals surface area contributed by atoms with Gasteiger partial charge in [-0.05, 0) is 12.1 Å². The summed E-state index contributed by atoms with van der Waals surface area (Å²) in [6, 6.07) is 3.72. The molecule has 88 valence electrons. The van der Waals surface area contributed by atoms with Crippen molar-refractivity contribution in [2.45, 2.75) is 0 Å². The fourth-order valence-electron chi connectivity index (χ4n) is 1.89.